The van der Waals surface area contributed by atoms with Crippen molar-refractivity contribution in [1.29, 1.82) is 0 Å². The lowest BCUT2D eigenvalue weighted by molar-refractivity contribution is -0.137. The minimum atomic E-state index is -4.42. The molecule has 2 aromatic carbocycles. The number of carbonyl (C=O) groups excluding carboxylic acids is 1. The SMILES string of the molecule is O=C(CCN1CCN(c2ccccc2)CC1)Nc1cccc(C(F)(F)F)c1. The highest BCUT2D eigenvalue weighted by Gasteiger charge is 2.30. The van der Waals surface area contributed by atoms with Crippen LogP contribution in [0.15, 0.2) is 54.6 Å². The van der Waals surface area contributed by atoms with E-state index in [1.54, 1.807) is 0 Å². The molecule has 0 atom stereocenters. The number of amides is 1. The largest absolute Gasteiger partial charge is 0.416 e. The van der Waals surface area contributed by atoms with Crippen LogP contribution in [0.2, 0.25) is 0 Å². The number of para-hydroxylation sites is 1. The third kappa shape index (κ3) is 5.47. The Morgan fingerprint density at radius 2 is 1.67 bits per heavy atom. The molecular weight excluding hydrogens is 355 g/mol. The molecule has 1 aliphatic rings. The van der Waals surface area contributed by atoms with Gasteiger partial charge in [-0.2, -0.15) is 13.2 Å². The molecule has 0 unspecified atom stereocenters. The minimum Gasteiger partial charge on any atom is -0.369 e. The first-order chi connectivity index (χ1) is 12.9. The molecule has 144 valence electrons. The lowest BCUT2D eigenvalue weighted by Crippen LogP contribution is -2.47. The number of hydrogen-bond donors (Lipinski definition) is 1. The molecule has 1 heterocycles. The van der Waals surface area contributed by atoms with E-state index in [0.717, 1.165) is 38.3 Å². The molecule has 4 nitrogen and oxygen atoms in total. The van der Waals surface area contributed by atoms with Crippen LogP contribution in [-0.2, 0) is 11.0 Å². The monoisotopic (exact) mass is 377 g/mol. The number of alkyl halides is 3. The topological polar surface area (TPSA) is 35.6 Å². The molecular formula is C20H22F3N3O. The molecule has 0 spiro atoms. The van der Waals surface area contributed by atoms with Gasteiger partial charge < -0.3 is 10.2 Å². The molecule has 1 aliphatic heterocycles. The van der Waals surface area contributed by atoms with E-state index in [9.17, 15) is 18.0 Å². The van der Waals surface area contributed by atoms with Gasteiger partial charge in [-0.15, -0.1) is 0 Å². The molecule has 3 rings (SSSR count). The van der Waals surface area contributed by atoms with Crippen LogP contribution in [0, 0.1) is 0 Å². The van der Waals surface area contributed by atoms with Gasteiger partial charge >= 0.3 is 6.18 Å². The van der Waals surface area contributed by atoms with Crippen molar-refractivity contribution < 1.29 is 18.0 Å². The van der Waals surface area contributed by atoms with E-state index in [-0.39, 0.29) is 18.0 Å². The summed E-state index contributed by atoms with van der Waals surface area (Å²) in [5.74, 6) is -0.278. The maximum Gasteiger partial charge on any atom is 0.416 e. The Kier molecular flexibility index (Phi) is 6.01. The molecule has 0 bridgehead atoms. The second-order valence-corrected chi connectivity index (χ2v) is 6.54. The second-order valence-electron chi connectivity index (χ2n) is 6.54. The first-order valence-corrected chi connectivity index (χ1v) is 8.91. The zero-order valence-electron chi connectivity index (χ0n) is 14.9. The second kappa shape index (κ2) is 8.43. The molecule has 1 saturated heterocycles. The Hall–Kier alpha value is -2.54. The number of piperazine rings is 1. The predicted molar refractivity (Wildman–Crippen MR) is 99.8 cm³/mol. The van der Waals surface area contributed by atoms with E-state index >= 15 is 0 Å². The van der Waals surface area contributed by atoms with Crippen LogP contribution in [0.5, 0.6) is 0 Å². The first-order valence-electron chi connectivity index (χ1n) is 8.91. The summed E-state index contributed by atoms with van der Waals surface area (Å²) in [7, 11) is 0. The van der Waals surface area contributed by atoms with Crippen LogP contribution in [-0.4, -0.2) is 43.5 Å². The van der Waals surface area contributed by atoms with Crippen LogP contribution in [0.3, 0.4) is 0 Å². The van der Waals surface area contributed by atoms with Gasteiger partial charge in [0.05, 0.1) is 5.56 Å². The highest BCUT2D eigenvalue weighted by Crippen LogP contribution is 2.30. The Morgan fingerprint density at radius 3 is 2.33 bits per heavy atom. The molecule has 0 radical (unpaired) electrons. The number of nitrogens with zero attached hydrogens (tertiary/aromatic N) is 2. The summed E-state index contributed by atoms with van der Waals surface area (Å²) >= 11 is 0. The van der Waals surface area contributed by atoms with Gasteiger partial charge in [-0.05, 0) is 30.3 Å². The first kappa shape index (κ1) is 19.2. The summed E-state index contributed by atoms with van der Waals surface area (Å²) in [6, 6.07) is 14.9. The molecule has 1 N–H and O–H groups in total. The smallest absolute Gasteiger partial charge is 0.369 e. The highest BCUT2D eigenvalue weighted by molar-refractivity contribution is 5.90. The van der Waals surface area contributed by atoms with Crippen LogP contribution in [0.4, 0.5) is 24.5 Å². The molecule has 1 amide bonds. The quantitative estimate of drug-likeness (QED) is 0.860. The van der Waals surface area contributed by atoms with Gasteiger partial charge in [-0.1, -0.05) is 24.3 Å². The lowest BCUT2D eigenvalue weighted by atomic mass is 10.2. The normalized spacial score (nSPS) is 15.6. The van der Waals surface area contributed by atoms with E-state index in [0.29, 0.717) is 6.54 Å². The zero-order chi connectivity index (χ0) is 19.3. The molecule has 2 aromatic rings. The number of carbonyl (C=O) groups is 1. The number of benzene rings is 2. The zero-order valence-corrected chi connectivity index (χ0v) is 14.9. The van der Waals surface area contributed by atoms with Crippen molar-refractivity contribution in [3.63, 3.8) is 0 Å². The molecule has 27 heavy (non-hydrogen) atoms. The average Bonchev–Trinajstić information content (AvgIpc) is 2.67. The summed E-state index contributed by atoms with van der Waals surface area (Å²) in [4.78, 5) is 16.6. The predicted octanol–water partition coefficient (Wildman–Crippen LogP) is 3.86. The fourth-order valence-electron chi connectivity index (χ4n) is 3.12. The summed E-state index contributed by atoms with van der Waals surface area (Å²) in [6.45, 7) is 4.07. The van der Waals surface area contributed by atoms with Gasteiger partial charge in [0.25, 0.3) is 0 Å². The van der Waals surface area contributed by atoms with Gasteiger partial charge in [0.1, 0.15) is 0 Å². The van der Waals surface area contributed by atoms with Crippen LogP contribution in [0.1, 0.15) is 12.0 Å². The molecule has 0 saturated carbocycles. The minimum absolute atomic E-state index is 0.170. The van der Waals surface area contributed by atoms with Crippen molar-refractivity contribution in [3.05, 3.63) is 60.2 Å². The summed E-state index contributed by atoms with van der Waals surface area (Å²) < 4.78 is 38.2. The van der Waals surface area contributed by atoms with Crippen molar-refractivity contribution in [3.8, 4) is 0 Å². The summed E-state index contributed by atoms with van der Waals surface area (Å²) in [5.41, 5.74) is 0.598. The third-order valence-corrected chi connectivity index (χ3v) is 4.62. The van der Waals surface area contributed by atoms with Crippen LogP contribution < -0.4 is 10.2 Å². The lowest BCUT2D eigenvalue weighted by Gasteiger charge is -2.36. The fraction of sp³-hybridized carbons (Fsp3) is 0.350. The number of nitrogens with one attached hydrogen (secondary N) is 1. The van der Waals surface area contributed by atoms with Gasteiger partial charge in [0.2, 0.25) is 5.91 Å². The van der Waals surface area contributed by atoms with Crippen molar-refractivity contribution >= 4 is 17.3 Å². The van der Waals surface area contributed by atoms with E-state index in [1.807, 2.05) is 18.2 Å². The van der Waals surface area contributed by atoms with Crippen molar-refractivity contribution in [1.82, 2.24) is 4.90 Å². The molecule has 7 heteroatoms. The van der Waals surface area contributed by atoms with Crippen molar-refractivity contribution in [2.45, 2.75) is 12.6 Å². The Labute approximate surface area is 156 Å². The Morgan fingerprint density at radius 1 is 0.963 bits per heavy atom. The van der Waals surface area contributed by atoms with E-state index in [1.165, 1.54) is 17.8 Å². The number of rotatable bonds is 5. The maximum atomic E-state index is 12.7. The Bertz CT molecular complexity index is 757. The van der Waals surface area contributed by atoms with Crippen LogP contribution in [0.25, 0.3) is 0 Å². The van der Waals surface area contributed by atoms with E-state index in [4.69, 9.17) is 0 Å². The molecule has 0 aliphatic carbocycles. The fourth-order valence-corrected chi connectivity index (χ4v) is 3.12. The van der Waals surface area contributed by atoms with Crippen molar-refractivity contribution in [2.75, 3.05) is 42.9 Å². The van der Waals surface area contributed by atoms with E-state index in [2.05, 4.69) is 27.2 Å². The molecule has 1 fully saturated rings. The maximum absolute atomic E-state index is 12.7. The van der Waals surface area contributed by atoms with Gasteiger partial charge in [-0.25, -0.2) is 0 Å². The standard InChI is InChI=1S/C20H22F3N3O/c21-20(22,23)16-5-4-6-17(15-16)24-19(27)9-10-25-11-13-26(14-12-25)18-7-2-1-3-8-18/h1-8,15H,9-14H2,(H,24,27). The van der Waals surface area contributed by atoms with Crippen molar-refractivity contribution in [2.24, 2.45) is 0 Å². The van der Waals surface area contributed by atoms with Crippen LogP contribution >= 0.6 is 0 Å². The Balaban J connectivity index is 1.44. The number of anilines is 2. The summed E-state index contributed by atoms with van der Waals surface area (Å²) in [5, 5.41) is 2.55. The van der Waals surface area contributed by atoms with Gasteiger partial charge in [0.15, 0.2) is 0 Å². The van der Waals surface area contributed by atoms with E-state index < -0.39 is 11.7 Å². The number of hydrogen-bond acceptors (Lipinski definition) is 3. The summed E-state index contributed by atoms with van der Waals surface area (Å²) in [6.07, 6.45) is -4.17. The highest BCUT2D eigenvalue weighted by atomic mass is 19.4. The molecule has 0 aromatic heterocycles. The van der Waals surface area contributed by atoms with Gasteiger partial charge in [-0.3, -0.25) is 9.69 Å². The van der Waals surface area contributed by atoms with Gasteiger partial charge in [0, 0.05) is 50.5 Å². The number of halogens is 3. The third-order valence-electron chi connectivity index (χ3n) is 4.62. The average molecular weight is 377 g/mol.